The van der Waals surface area contributed by atoms with Gasteiger partial charge in [-0.05, 0) is 25.5 Å². The Morgan fingerprint density at radius 1 is 1.33 bits per heavy atom. The molecule has 0 aliphatic heterocycles. The van der Waals surface area contributed by atoms with E-state index in [1.807, 2.05) is 25.1 Å². The fourth-order valence-electron chi connectivity index (χ4n) is 1.61. The average molecular weight is 262 g/mol. The summed E-state index contributed by atoms with van der Waals surface area (Å²) in [6.07, 6.45) is 0.486. The van der Waals surface area contributed by atoms with Gasteiger partial charge in [-0.3, -0.25) is 4.79 Å². The number of hydrogen-bond donors (Lipinski definition) is 1. The van der Waals surface area contributed by atoms with Crippen molar-refractivity contribution < 1.29 is 9.59 Å². The van der Waals surface area contributed by atoms with E-state index in [-0.39, 0.29) is 24.5 Å². The van der Waals surface area contributed by atoms with Crippen molar-refractivity contribution in [2.75, 3.05) is 5.32 Å². The lowest BCUT2D eigenvalue weighted by Gasteiger charge is -1.98. The number of aryl methyl sites for hydroxylation is 1. The van der Waals surface area contributed by atoms with Gasteiger partial charge in [0.1, 0.15) is 5.78 Å². The van der Waals surface area contributed by atoms with Crippen LogP contribution in [-0.4, -0.2) is 16.7 Å². The number of fused-ring (bicyclic) bond motifs is 1. The molecule has 2 aromatic rings. The van der Waals surface area contributed by atoms with Crippen LogP contribution in [0.15, 0.2) is 18.2 Å². The number of anilines is 1. The van der Waals surface area contributed by atoms with Gasteiger partial charge in [0.25, 0.3) is 0 Å². The van der Waals surface area contributed by atoms with Crippen LogP contribution in [0.25, 0.3) is 10.2 Å². The summed E-state index contributed by atoms with van der Waals surface area (Å²) in [7, 11) is 0. The number of benzene rings is 1. The summed E-state index contributed by atoms with van der Waals surface area (Å²) >= 11 is 1.45. The molecule has 5 heteroatoms. The van der Waals surface area contributed by atoms with E-state index < -0.39 is 0 Å². The van der Waals surface area contributed by atoms with E-state index in [9.17, 15) is 9.59 Å². The maximum Gasteiger partial charge on any atom is 0.226 e. The second kappa shape index (κ2) is 5.27. The summed E-state index contributed by atoms with van der Waals surface area (Å²) in [5.41, 5.74) is 2.01. The first-order chi connectivity index (χ1) is 8.56. The summed E-state index contributed by atoms with van der Waals surface area (Å²) < 4.78 is 1.05. The highest BCUT2D eigenvalue weighted by Crippen LogP contribution is 2.27. The van der Waals surface area contributed by atoms with E-state index in [0.29, 0.717) is 5.13 Å². The van der Waals surface area contributed by atoms with Crippen molar-refractivity contribution >= 4 is 38.4 Å². The first kappa shape index (κ1) is 12.7. The molecule has 4 nitrogen and oxygen atoms in total. The highest BCUT2D eigenvalue weighted by Gasteiger charge is 2.09. The molecule has 1 N–H and O–H groups in total. The zero-order valence-electron chi connectivity index (χ0n) is 10.3. The minimum Gasteiger partial charge on any atom is -0.302 e. The fourth-order valence-corrected chi connectivity index (χ4v) is 2.57. The van der Waals surface area contributed by atoms with Gasteiger partial charge in [-0.2, -0.15) is 0 Å². The Kier molecular flexibility index (Phi) is 3.72. The number of amides is 1. The van der Waals surface area contributed by atoms with Gasteiger partial charge in [-0.1, -0.05) is 23.5 Å². The van der Waals surface area contributed by atoms with Gasteiger partial charge >= 0.3 is 0 Å². The van der Waals surface area contributed by atoms with E-state index in [4.69, 9.17) is 0 Å². The Morgan fingerprint density at radius 3 is 2.78 bits per heavy atom. The Labute approximate surface area is 109 Å². The van der Waals surface area contributed by atoms with E-state index in [0.717, 1.165) is 15.8 Å². The predicted molar refractivity (Wildman–Crippen MR) is 72.9 cm³/mol. The van der Waals surface area contributed by atoms with E-state index >= 15 is 0 Å². The minimum atomic E-state index is -0.165. The highest BCUT2D eigenvalue weighted by atomic mass is 32.1. The molecule has 18 heavy (non-hydrogen) atoms. The first-order valence-electron chi connectivity index (χ1n) is 5.71. The molecular formula is C13H14N2O2S. The zero-order chi connectivity index (χ0) is 13.1. The Balaban J connectivity index is 2.10. The van der Waals surface area contributed by atoms with E-state index in [2.05, 4.69) is 10.3 Å². The van der Waals surface area contributed by atoms with Crippen LogP contribution in [0, 0.1) is 6.92 Å². The second-order valence-corrected chi connectivity index (χ2v) is 5.22. The molecule has 0 spiro atoms. The summed E-state index contributed by atoms with van der Waals surface area (Å²) in [6.45, 7) is 3.47. The monoisotopic (exact) mass is 262 g/mol. The SMILES string of the molecule is CC(=O)CCC(=O)Nc1nc2c(C)cccc2s1. The number of nitrogens with one attached hydrogen (secondary N) is 1. The van der Waals surface area contributed by atoms with Crippen LogP contribution < -0.4 is 5.32 Å². The van der Waals surface area contributed by atoms with Crippen molar-refractivity contribution in [2.45, 2.75) is 26.7 Å². The smallest absolute Gasteiger partial charge is 0.226 e. The summed E-state index contributed by atoms with van der Waals surface area (Å²) in [4.78, 5) is 26.8. The van der Waals surface area contributed by atoms with Gasteiger partial charge in [0, 0.05) is 12.8 Å². The molecule has 0 saturated carbocycles. The number of hydrogen-bond acceptors (Lipinski definition) is 4. The molecule has 0 aliphatic carbocycles. The topological polar surface area (TPSA) is 59.1 Å². The highest BCUT2D eigenvalue weighted by molar-refractivity contribution is 7.22. The van der Waals surface area contributed by atoms with Crippen LogP contribution in [0.3, 0.4) is 0 Å². The molecule has 0 fully saturated rings. The largest absolute Gasteiger partial charge is 0.302 e. The quantitative estimate of drug-likeness (QED) is 0.921. The van der Waals surface area contributed by atoms with Gasteiger partial charge in [0.2, 0.25) is 5.91 Å². The summed E-state index contributed by atoms with van der Waals surface area (Å²) in [6, 6.07) is 5.94. The van der Waals surface area contributed by atoms with Crippen LogP contribution >= 0.6 is 11.3 Å². The minimum absolute atomic E-state index is 0.0188. The zero-order valence-corrected chi connectivity index (χ0v) is 11.1. The fraction of sp³-hybridized carbons (Fsp3) is 0.308. The molecule has 0 atom stereocenters. The van der Waals surface area contributed by atoms with Crippen molar-refractivity contribution in [2.24, 2.45) is 0 Å². The van der Waals surface area contributed by atoms with Crippen LogP contribution in [0.5, 0.6) is 0 Å². The number of ketones is 1. The number of carbonyl (C=O) groups excluding carboxylic acids is 2. The van der Waals surface area contributed by atoms with Gasteiger partial charge in [0.05, 0.1) is 10.2 Å². The molecular weight excluding hydrogens is 248 g/mol. The third-order valence-electron chi connectivity index (χ3n) is 2.57. The van der Waals surface area contributed by atoms with E-state index in [1.54, 1.807) is 0 Å². The Morgan fingerprint density at radius 2 is 2.11 bits per heavy atom. The molecule has 0 aliphatic rings. The molecule has 1 heterocycles. The lowest BCUT2D eigenvalue weighted by Crippen LogP contribution is -2.12. The molecule has 0 bridgehead atoms. The molecule has 2 rings (SSSR count). The van der Waals surface area contributed by atoms with E-state index in [1.165, 1.54) is 18.3 Å². The molecule has 1 aromatic heterocycles. The number of aromatic nitrogens is 1. The van der Waals surface area contributed by atoms with Gasteiger partial charge in [-0.25, -0.2) is 4.98 Å². The predicted octanol–water partition coefficient (Wildman–Crippen LogP) is 2.91. The normalized spacial score (nSPS) is 10.6. The first-order valence-corrected chi connectivity index (χ1v) is 6.53. The molecule has 1 amide bonds. The average Bonchev–Trinajstić information content (AvgIpc) is 2.70. The molecule has 0 unspecified atom stereocenters. The third kappa shape index (κ3) is 2.92. The van der Waals surface area contributed by atoms with Crippen LogP contribution in [0.4, 0.5) is 5.13 Å². The van der Waals surface area contributed by atoms with Gasteiger partial charge in [0.15, 0.2) is 5.13 Å². The third-order valence-corrected chi connectivity index (χ3v) is 3.51. The van der Waals surface area contributed by atoms with Crippen LogP contribution in [0.2, 0.25) is 0 Å². The molecule has 94 valence electrons. The number of rotatable bonds is 4. The van der Waals surface area contributed by atoms with Crippen molar-refractivity contribution in [1.29, 1.82) is 0 Å². The lowest BCUT2D eigenvalue weighted by molar-refractivity contribution is -0.121. The Bertz CT molecular complexity index is 604. The number of nitrogens with zero attached hydrogens (tertiary/aromatic N) is 1. The van der Waals surface area contributed by atoms with Crippen LogP contribution in [-0.2, 0) is 9.59 Å². The lowest BCUT2D eigenvalue weighted by atomic mass is 10.2. The number of carbonyl (C=O) groups is 2. The van der Waals surface area contributed by atoms with Gasteiger partial charge < -0.3 is 10.1 Å². The van der Waals surface area contributed by atoms with Gasteiger partial charge in [-0.15, -0.1) is 0 Å². The standard InChI is InChI=1S/C13H14N2O2S/c1-8-4-3-5-10-12(8)15-13(18-10)14-11(17)7-6-9(2)16/h3-5H,6-7H2,1-2H3,(H,14,15,17). The summed E-state index contributed by atoms with van der Waals surface area (Å²) in [5, 5.41) is 3.32. The van der Waals surface area contributed by atoms with Crippen molar-refractivity contribution in [3.8, 4) is 0 Å². The molecule has 1 aromatic carbocycles. The Hall–Kier alpha value is -1.75. The van der Waals surface area contributed by atoms with Crippen molar-refractivity contribution in [3.05, 3.63) is 23.8 Å². The molecule has 0 radical (unpaired) electrons. The van der Waals surface area contributed by atoms with Crippen molar-refractivity contribution in [1.82, 2.24) is 4.98 Å². The van der Waals surface area contributed by atoms with Crippen LogP contribution in [0.1, 0.15) is 25.3 Å². The van der Waals surface area contributed by atoms with Crippen molar-refractivity contribution in [3.63, 3.8) is 0 Å². The maximum absolute atomic E-state index is 11.6. The number of thiazole rings is 1. The number of Topliss-reactive ketones (excluding diaryl/α,β-unsaturated/α-hetero) is 1. The maximum atomic E-state index is 11.6. The summed E-state index contributed by atoms with van der Waals surface area (Å²) in [5.74, 6) is -0.146. The second-order valence-electron chi connectivity index (χ2n) is 4.19. The number of para-hydroxylation sites is 1. The molecule has 0 saturated heterocycles.